The molecule has 1 aromatic rings. The lowest BCUT2D eigenvalue weighted by Crippen LogP contribution is -2.45. The van der Waals surface area contributed by atoms with Gasteiger partial charge in [-0.05, 0) is 32.0 Å². The average molecular weight is 506 g/mol. The Kier molecular flexibility index (Phi) is 6.62. The van der Waals surface area contributed by atoms with E-state index in [1.165, 1.54) is 36.2 Å². The number of aliphatic hydroxyl groups is 1. The molecule has 1 spiro atoms. The SMILES string of the molecule is C=CCN1C(=O)[C@@]2(O[C@@H](CC(=O)N3CCC[C@H]3CO)[C@H]([Si](C)(C)F)[C@H]2C)c2cc([N+](=O)[O-])ccc21. The first kappa shape index (κ1) is 25.5. The lowest BCUT2D eigenvalue weighted by Gasteiger charge is -2.31. The van der Waals surface area contributed by atoms with Crippen LogP contribution in [0.2, 0.25) is 18.6 Å². The number of amides is 2. The van der Waals surface area contributed by atoms with Crippen LogP contribution in [-0.4, -0.2) is 67.0 Å². The summed E-state index contributed by atoms with van der Waals surface area (Å²) in [6.07, 6.45) is 2.04. The van der Waals surface area contributed by atoms with Crippen LogP contribution in [-0.2, 0) is 19.9 Å². The van der Waals surface area contributed by atoms with E-state index in [0.717, 1.165) is 6.42 Å². The van der Waals surface area contributed by atoms with Gasteiger partial charge in [-0.3, -0.25) is 19.7 Å². The molecule has 2 amide bonds. The molecular formula is C24H32FN3O6Si. The number of aliphatic hydroxyl groups excluding tert-OH is 1. The van der Waals surface area contributed by atoms with Crippen LogP contribution < -0.4 is 4.90 Å². The van der Waals surface area contributed by atoms with Crippen LogP contribution in [0.4, 0.5) is 15.5 Å². The van der Waals surface area contributed by atoms with E-state index in [0.29, 0.717) is 24.2 Å². The zero-order valence-corrected chi connectivity index (χ0v) is 21.3. The summed E-state index contributed by atoms with van der Waals surface area (Å²) in [6, 6.07) is 3.91. The fourth-order valence-electron chi connectivity index (χ4n) is 6.30. The molecule has 0 aromatic heterocycles. The molecule has 3 aliphatic rings. The van der Waals surface area contributed by atoms with E-state index in [1.54, 1.807) is 17.9 Å². The maximum atomic E-state index is 15.8. The van der Waals surface area contributed by atoms with Gasteiger partial charge in [-0.25, -0.2) is 0 Å². The molecule has 0 radical (unpaired) electrons. The summed E-state index contributed by atoms with van der Waals surface area (Å²) in [5.74, 6) is -1.32. The van der Waals surface area contributed by atoms with Crippen molar-refractivity contribution in [3.8, 4) is 0 Å². The number of fused-ring (bicyclic) bond motifs is 2. The summed E-state index contributed by atoms with van der Waals surface area (Å²) in [6.45, 7) is 9.07. The maximum Gasteiger partial charge on any atom is 0.269 e. The fourth-order valence-corrected chi connectivity index (χ4v) is 8.80. The molecule has 3 aliphatic heterocycles. The molecule has 5 atom stereocenters. The Hall–Kier alpha value is -2.63. The van der Waals surface area contributed by atoms with E-state index in [1.807, 2.05) is 0 Å². The van der Waals surface area contributed by atoms with Crippen LogP contribution in [0.1, 0.15) is 31.7 Å². The molecule has 0 saturated carbocycles. The van der Waals surface area contributed by atoms with Crippen molar-refractivity contribution < 1.29 is 28.5 Å². The largest absolute Gasteiger partial charge is 0.394 e. The highest BCUT2D eigenvalue weighted by atomic mass is 28.4. The van der Waals surface area contributed by atoms with E-state index < -0.39 is 42.4 Å². The molecule has 0 aliphatic carbocycles. The lowest BCUT2D eigenvalue weighted by atomic mass is 9.82. The summed E-state index contributed by atoms with van der Waals surface area (Å²) < 4.78 is 22.2. The van der Waals surface area contributed by atoms with Crippen molar-refractivity contribution in [3.05, 3.63) is 46.5 Å². The van der Waals surface area contributed by atoms with E-state index in [2.05, 4.69) is 6.58 Å². The van der Waals surface area contributed by atoms with Crippen LogP contribution in [0.5, 0.6) is 0 Å². The van der Waals surface area contributed by atoms with Gasteiger partial charge >= 0.3 is 0 Å². The monoisotopic (exact) mass is 505 g/mol. The normalized spacial score (nSPS) is 30.3. The number of nitro benzene ring substituents is 1. The molecule has 1 N–H and O–H groups in total. The first-order valence-electron chi connectivity index (χ1n) is 12.0. The Balaban J connectivity index is 1.78. The number of carbonyl (C=O) groups is 2. The molecule has 0 bridgehead atoms. The molecule has 0 unspecified atom stereocenters. The minimum Gasteiger partial charge on any atom is -0.394 e. The number of hydrogen-bond donors (Lipinski definition) is 1. The zero-order chi connectivity index (χ0) is 25.7. The van der Waals surface area contributed by atoms with Gasteiger partial charge in [-0.1, -0.05) is 13.0 Å². The van der Waals surface area contributed by atoms with Gasteiger partial charge in [0.05, 0.1) is 35.8 Å². The van der Waals surface area contributed by atoms with E-state index in [-0.39, 0.29) is 37.2 Å². The highest BCUT2D eigenvalue weighted by Gasteiger charge is 2.67. The Bertz CT molecular complexity index is 1060. The Morgan fingerprint density at radius 1 is 1.46 bits per heavy atom. The maximum absolute atomic E-state index is 15.8. The van der Waals surface area contributed by atoms with Gasteiger partial charge in [-0.2, -0.15) is 0 Å². The number of anilines is 1. The van der Waals surface area contributed by atoms with Crippen molar-refractivity contribution >= 4 is 31.6 Å². The highest BCUT2D eigenvalue weighted by Crippen LogP contribution is 2.60. The lowest BCUT2D eigenvalue weighted by molar-refractivity contribution is -0.385. The third-order valence-corrected chi connectivity index (χ3v) is 10.2. The van der Waals surface area contributed by atoms with Gasteiger partial charge in [0, 0.05) is 42.2 Å². The summed E-state index contributed by atoms with van der Waals surface area (Å²) >= 11 is 0. The number of halogens is 1. The van der Waals surface area contributed by atoms with Gasteiger partial charge in [0.1, 0.15) is 0 Å². The van der Waals surface area contributed by atoms with Crippen molar-refractivity contribution in [2.24, 2.45) is 5.92 Å². The first-order valence-corrected chi connectivity index (χ1v) is 14.9. The van der Waals surface area contributed by atoms with Gasteiger partial charge in [0.25, 0.3) is 11.6 Å². The molecule has 35 heavy (non-hydrogen) atoms. The third kappa shape index (κ3) is 3.99. The number of nitro groups is 1. The van der Waals surface area contributed by atoms with Crippen molar-refractivity contribution in [3.63, 3.8) is 0 Å². The van der Waals surface area contributed by atoms with E-state index in [9.17, 15) is 24.8 Å². The number of ether oxygens (including phenoxy) is 1. The first-order chi connectivity index (χ1) is 16.5. The molecular weight excluding hydrogens is 473 g/mol. The number of likely N-dealkylation sites (tertiary alicyclic amines) is 1. The Morgan fingerprint density at radius 2 is 2.17 bits per heavy atom. The van der Waals surface area contributed by atoms with Crippen LogP contribution in [0.25, 0.3) is 0 Å². The zero-order valence-electron chi connectivity index (χ0n) is 20.3. The molecule has 3 heterocycles. The Labute approximate surface area is 204 Å². The summed E-state index contributed by atoms with van der Waals surface area (Å²) in [4.78, 5) is 41.2. The summed E-state index contributed by atoms with van der Waals surface area (Å²) in [7, 11) is -3.47. The summed E-state index contributed by atoms with van der Waals surface area (Å²) in [5, 5.41) is 21.2. The number of rotatable bonds is 7. The molecule has 1 aromatic carbocycles. The second kappa shape index (κ2) is 9.10. The average Bonchev–Trinajstić information content (AvgIpc) is 3.44. The number of benzene rings is 1. The Morgan fingerprint density at radius 3 is 2.77 bits per heavy atom. The fraction of sp³-hybridized carbons (Fsp3) is 0.583. The number of carbonyl (C=O) groups excluding carboxylic acids is 2. The van der Waals surface area contributed by atoms with Crippen LogP contribution in [0.15, 0.2) is 30.9 Å². The number of nitrogens with zero attached hydrogens (tertiary/aromatic N) is 3. The highest BCUT2D eigenvalue weighted by molar-refractivity contribution is 6.72. The van der Waals surface area contributed by atoms with Crippen LogP contribution >= 0.6 is 0 Å². The molecule has 190 valence electrons. The molecule has 9 nitrogen and oxygen atoms in total. The number of hydrogen-bond acceptors (Lipinski definition) is 6. The molecule has 2 saturated heterocycles. The third-order valence-electron chi connectivity index (χ3n) is 7.75. The van der Waals surface area contributed by atoms with Crippen molar-refractivity contribution in [2.75, 3.05) is 24.6 Å². The van der Waals surface area contributed by atoms with E-state index >= 15 is 4.11 Å². The van der Waals surface area contributed by atoms with Crippen LogP contribution in [0.3, 0.4) is 0 Å². The molecule has 4 rings (SSSR count). The van der Waals surface area contributed by atoms with E-state index in [4.69, 9.17) is 4.74 Å². The smallest absolute Gasteiger partial charge is 0.269 e. The predicted molar refractivity (Wildman–Crippen MR) is 130 cm³/mol. The van der Waals surface area contributed by atoms with Crippen LogP contribution in [0, 0.1) is 16.0 Å². The minimum atomic E-state index is -3.47. The van der Waals surface area contributed by atoms with Crippen molar-refractivity contribution in [2.45, 2.75) is 62.6 Å². The van der Waals surface area contributed by atoms with Gasteiger partial charge < -0.3 is 23.8 Å². The summed E-state index contributed by atoms with van der Waals surface area (Å²) in [5.41, 5.74) is -1.71. The van der Waals surface area contributed by atoms with Gasteiger partial charge in [0.15, 0.2) is 5.60 Å². The van der Waals surface area contributed by atoms with Crippen molar-refractivity contribution in [1.82, 2.24) is 4.90 Å². The number of non-ortho nitro benzene ring substituents is 1. The quantitative estimate of drug-likeness (QED) is 0.200. The standard InChI is InChI=1S/C24H32FN3O6Si/c1-5-10-27-19-9-8-16(28(32)33)12-18(19)24(23(27)31)15(2)22(35(3,4)25)20(34-24)13-21(30)26-11-6-7-17(26)14-29/h5,8-9,12,15,17,20,22,29H,1,6-7,10-11,13-14H2,2-4H3/t15-,17+,20+,22-,24+/m1/s1. The second-order valence-electron chi connectivity index (χ2n) is 10.2. The predicted octanol–water partition coefficient (Wildman–Crippen LogP) is 3.28. The molecule has 11 heteroatoms. The topological polar surface area (TPSA) is 113 Å². The molecule has 2 fully saturated rings. The van der Waals surface area contributed by atoms with Gasteiger partial charge in [-0.15, -0.1) is 6.58 Å². The van der Waals surface area contributed by atoms with Crippen molar-refractivity contribution in [1.29, 1.82) is 0 Å². The van der Waals surface area contributed by atoms with Gasteiger partial charge in [0.2, 0.25) is 14.3 Å². The second-order valence-corrected chi connectivity index (χ2v) is 14.0. The minimum absolute atomic E-state index is 0.118.